The number of anilines is 1. The highest BCUT2D eigenvalue weighted by atomic mass is 35.5. The summed E-state index contributed by atoms with van der Waals surface area (Å²) in [5, 5.41) is 14.1. The van der Waals surface area contributed by atoms with Crippen LogP contribution in [0.25, 0.3) is 10.7 Å². The van der Waals surface area contributed by atoms with Crippen molar-refractivity contribution in [2.75, 3.05) is 17.7 Å². The summed E-state index contributed by atoms with van der Waals surface area (Å²) in [6.45, 7) is 1.39. The molecule has 6 nitrogen and oxygen atoms in total. The molecule has 10 heteroatoms. The Bertz CT molecular complexity index is 990. The lowest BCUT2D eigenvalue weighted by Gasteiger charge is -2.14. The number of aromatic nitrogens is 3. The van der Waals surface area contributed by atoms with Crippen LogP contribution in [0.1, 0.15) is 12.8 Å². The third-order valence-electron chi connectivity index (χ3n) is 4.40. The zero-order valence-electron chi connectivity index (χ0n) is 15.3. The Labute approximate surface area is 180 Å². The Hall–Kier alpha value is -1.94. The van der Waals surface area contributed by atoms with E-state index in [4.69, 9.17) is 16.3 Å². The number of nitrogens with zero attached hydrogens (tertiary/aromatic N) is 3. The molecule has 0 radical (unpaired) electrons. The van der Waals surface area contributed by atoms with Gasteiger partial charge >= 0.3 is 0 Å². The normalized spacial score (nSPS) is 16.3. The summed E-state index contributed by atoms with van der Waals surface area (Å²) in [7, 11) is 0. The maximum atomic E-state index is 13.8. The lowest BCUT2D eigenvalue weighted by molar-refractivity contribution is -0.113. The molecule has 0 spiro atoms. The number of halogens is 2. The van der Waals surface area contributed by atoms with Gasteiger partial charge in [-0.2, -0.15) is 0 Å². The molecule has 1 atom stereocenters. The van der Waals surface area contributed by atoms with Crippen LogP contribution in [0.15, 0.2) is 40.9 Å². The van der Waals surface area contributed by atoms with E-state index in [1.807, 2.05) is 22.1 Å². The summed E-state index contributed by atoms with van der Waals surface area (Å²) in [4.78, 5) is 13.3. The second-order valence-corrected chi connectivity index (χ2v) is 8.82. The fraction of sp³-hybridized carbons (Fsp3) is 0.316. The first-order chi connectivity index (χ1) is 14.1. The van der Waals surface area contributed by atoms with Crippen LogP contribution in [-0.4, -0.2) is 39.1 Å². The highest BCUT2D eigenvalue weighted by Gasteiger charge is 2.22. The molecule has 1 aliphatic rings. The van der Waals surface area contributed by atoms with Crippen LogP contribution in [0.3, 0.4) is 0 Å². The fourth-order valence-corrected chi connectivity index (χ4v) is 4.69. The number of hydrogen-bond donors (Lipinski definition) is 1. The molecule has 152 valence electrons. The van der Waals surface area contributed by atoms with Crippen LogP contribution in [-0.2, 0) is 16.1 Å². The number of hydrogen-bond acceptors (Lipinski definition) is 6. The van der Waals surface area contributed by atoms with Crippen LogP contribution >= 0.6 is 34.7 Å². The Balaban J connectivity index is 1.47. The topological polar surface area (TPSA) is 69.0 Å². The molecule has 0 bridgehead atoms. The SMILES string of the molecule is O=C(CSc1nnc(-c2cccs2)n1CC1CCCO1)Nc1cc(Cl)ccc1F. The fourth-order valence-electron chi connectivity index (χ4n) is 3.05. The van der Waals surface area contributed by atoms with Crippen molar-refractivity contribution >= 4 is 46.3 Å². The van der Waals surface area contributed by atoms with Crippen LogP contribution in [0, 0.1) is 5.82 Å². The highest BCUT2D eigenvalue weighted by Crippen LogP contribution is 2.29. The van der Waals surface area contributed by atoms with Crippen LogP contribution in [0.2, 0.25) is 5.02 Å². The second kappa shape index (κ2) is 9.25. The van der Waals surface area contributed by atoms with Gasteiger partial charge in [0, 0.05) is 11.6 Å². The van der Waals surface area contributed by atoms with E-state index in [0.717, 1.165) is 30.2 Å². The minimum absolute atomic E-state index is 0.0585. The molecule has 1 saturated heterocycles. The largest absolute Gasteiger partial charge is 0.376 e. The Morgan fingerprint density at radius 1 is 1.41 bits per heavy atom. The number of nitrogens with one attached hydrogen (secondary N) is 1. The van der Waals surface area contributed by atoms with Crippen molar-refractivity contribution in [2.45, 2.75) is 30.6 Å². The minimum atomic E-state index is -0.533. The molecule has 3 aromatic rings. The molecule has 1 aliphatic heterocycles. The van der Waals surface area contributed by atoms with Gasteiger partial charge in [0.2, 0.25) is 5.91 Å². The number of rotatable bonds is 7. The van der Waals surface area contributed by atoms with Crippen molar-refractivity contribution in [3.05, 3.63) is 46.6 Å². The van der Waals surface area contributed by atoms with Gasteiger partial charge in [0.05, 0.1) is 29.0 Å². The van der Waals surface area contributed by atoms with Crippen molar-refractivity contribution < 1.29 is 13.9 Å². The maximum absolute atomic E-state index is 13.8. The van der Waals surface area contributed by atoms with Gasteiger partial charge in [-0.05, 0) is 42.5 Å². The van der Waals surface area contributed by atoms with Crippen molar-refractivity contribution in [1.29, 1.82) is 0 Å². The van der Waals surface area contributed by atoms with Gasteiger partial charge in [-0.3, -0.25) is 9.36 Å². The smallest absolute Gasteiger partial charge is 0.234 e. The molecule has 1 aromatic carbocycles. The van der Waals surface area contributed by atoms with Gasteiger partial charge in [0.25, 0.3) is 0 Å². The Kier molecular flexibility index (Phi) is 6.49. The maximum Gasteiger partial charge on any atom is 0.234 e. The van der Waals surface area contributed by atoms with E-state index in [2.05, 4.69) is 15.5 Å². The zero-order chi connectivity index (χ0) is 20.2. The summed E-state index contributed by atoms with van der Waals surface area (Å²) in [6.07, 6.45) is 2.14. The Morgan fingerprint density at radius 3 is 3.07 bits per heavy atom. The first-order valence-corrected chi connectivity index (χ1v) is 11.3. The summed E-state index contributed by atoms with van der Waals surface area (Å²) in [5.74, 6) is -0.0471. The molecular weight excluding hydrogens is 435 g/mol. The first-order valence-electron chi connectivity index (χ1n) is 9.06. The van der Waals surface area contributed by atoms with E-state index >= 15 is 0 Å². The summed E-state index contributed by atoms with van der Waals surface area (Å²) >= 11 is 8.71. The monoisotopic (exact) mass is 452 g/mol. The van der Waals surface area contributed by atoms with Gasteiger partial charge in [-0.1, -0.05) is 29.4 Å². The van der Waals surface area contributed by atoms with Gasteiger partial charge in [0.1, 0.15) is 5.82 Å². The van der Waals surface area contributed by atoms with Crippen molar-refractivity contribution in [1.82, 2.24) is 14.8 Å². The standard InChI is InChI=1S/C19H18ClFN4O2S2/c20-12-5-6-14(21)15(9-12)22-17(26)11-29-19-24-23-18(16-4-2-8-28-16)25(19)10-13-3-1-7-27-13/h2,4-6,8-9,13H,1,3,7,10-11H2,(H,22,26). The van der Waals surface area contributed by atoms with Crippen LogP contribution < -0.4 is 5.32 Å². The molecule has 2 aromatic heterocycles. The molecule has 3 heterocycles. The lowest BCUT2D eigenvalue weighted by atomic mass is 10.2. The molecule has 1 N–H and O–H groups in total. The third kappa shape index (κ3) is 4.98. The zero-order valence-corrected chi connectivity index (χ0v) is 17.7. The van der Waals surface area contributed by atoms with Gasteiger partial charge in [-0.15, -0.1) is 21.5 Å². The number of amides is 1. The molecule has 29 heavy (non-hydrogen) atoms. The van der Waals surface area contributed by atoms with Crippen LogP contribution in [0.5, 0.6) is 0 Å². The summed E-state index contributed by atoms with van der Waals surface area (Å²) < 4.78 is 21.6. The molecule has 1 amide bonds. The first kappa shape index (κ1) is 20.3. The highest BCUT2D eigenvalue weighted by molar-refractivity contribution is 7.99. The third-order valence-corrected chi connectivity index (χ3v) is 6.47. The number of thiophene rings is 1. The second-order valence-electron chi connectivity index (χ2n) is 6.49. The van der Waals surface area contributed by atoms with E-state index in [1.165, 1.54) is 30.0 Å². The molecular formula is C19H18ClFN4O2S2. The van der Waals surface area contributed by atoms with Crippen LogP contribution in [0.4, 0.5) is 10.1 Å². The van der Waals surface area contributed by atoms with Gasteiger partial charge in [-0.25, -0.2) is 4.39 Å². The minimum Gasteiger partial charge on any atom is -0.376 e. The number of carbonyl (C=O) groups is 1. The van der Waals surface area contributed by atoms with Crippen molar-refractivity contribution in [2.24, 2.45) is 0 Å². The van der Waals surface area contributed by atoms with E-state index in [-0.39, 0.29) is 23.5 Å². The van der Waals surface area contributed by atoms with E-state index in [0.29, 0.717) is 16.7 Å². The molecule has 4 rings (SSSR count). The number of carbonyl (C=O) groups excluding carboxylic acids is 1. The molecule has 0 aliphatic carbocycles. The molecule has 1 unspecified atom stereocenters. The molecule has 1 fully saturated rings. The van der Waals surface area contributed by atoms with Crippen molar-refractivity contribution in [3.63, 3.8) is 0 Å². The van der Waals surface area contributed by atoms with E-state index < -0.39 is 5.82 Å². The Morgan fingerprint density at radius 2 is 2.31 bits per heavy atom. The molecule has 0 saturated carbocycles. The average molecular weight is 453 g/mol. The average Bonchev–Trinajstić information content (AvgIpc) is 3.45. The van der Waals surface area contributed by atoms with E-state index in [1.54, 1.807) is 11.3 Å². The quantitative estimate of drug-likeness (QED) is 0.526. The van der Waals surface area contributed by atoms with E-state index in [9.17, 15) is 9.18 Å². The number of ether oxygens (including phenoxy) is 1. The number of benzene rings is 1. The summed E-state index contributed by atoms with van der Waals surface area (Å²) in [6, 6.07) is 7.99. The van der Waals surface area contributed by atoms with Gasteiger partial charge in [0.15, 0.2) is 11.0 Å². The summed E-state index contributed by atoms with van der Waals surface area (Å²) in [5.41, 5.74) is 0.0585. The predicted octanol–water partition coefficient (Wildman–Crippen LogP) is 4.71. The number of thioether (sulfide) groups is 1. The predicted molar refractivity (Wildman–Crippen MR) is 113 cm³/mol. The van der Waals surface area contributed by atoms with Crippen molar-refractivity contribution in [3.8, 4) is 10.7 Å². The lowest BCUT2D eigenvalue weighted by Crippen LogP contribution is -2.18. The van der Waals surface area contributed by atoms with Gasteiger partial charge < -0.3 is 10.1 Å².